The van der Waals surface area contributed by atoms with Crippen molar-refractivity contribution in [1.29, 1.82) is 0 Å². The topological polar surface area (TPSA) is 59.1 Å². The van der Waals surface area contributed by atoms with Crippen LogP contribution in [0.5, 0.6) is 0 Å². The summed E-state index contributed by atoms with van der Waals surface area (Å²) in [5.41, 5.74) is 4.34. The Morgan fingerprint density at radius 1 is 1.13 bits per heavy atom. The number of fused-ring (bicyclic) bond motifs is 1. The first-order chi connectivity index (χ1) is 11.1. The van der Waals surface area contributed by atoms with Crippen LogP contribution in [0.4, 0.5) is 5.69 Å². The van der Waals surface area contributed by atoms with E-state index in [1.165, 1.54) is 11.3 Å². The summed E-state index contributed by atoms with van der Waals surface area (Å²) in [5, 5.41) is 0. The number of thiazole rings is 1. The molecular weight excluding hydrogens is 328 g/mol. The predicted molar refractivity (Wildman–Crippen MR) is 95.5 cm³/mol. The van der Waals surface area contributed by atoms with Crippen LogP contribution in [0.25, 0.3) is 10.2 Å². The van der Waals surface area contributed by atoms with Gasteiger partial charge in [-0.3, -0.25) is 4.72 Å². The Hall–Kier alpha value is -1.92. The monoisotopic (exact) mass is 346 g/mol. The van der Waals surface area contributed by atoms with Crippen molar-refractivity contribution in [3.63, 3.8) is 0 Å². The van der Waals surface area contributed by atoms with E-state index in [2.05, 4.69) is 16.6 Å². The number of rotatable bonds is 6. The lowest BCUT2D eigenvalue weighted by Gasteiger charge is -2.09. The molecule has 0 unspecified atom stereocenters. The molecule has 0 amide bonds. The first-order valence-corrected chi connectivity index (χ1v) is 9.90. The summed E-state index contributed by atoms with van der Waals surface area (Å²) in [6.07, 6.45) is 3.22. The lowest BCUT2D eigenvalue weighted by Crippen LogP contribution is -2.12. The Bertz CT molecular complexity index is 900. The number of unbranched alkanes of at least 4 members (excludes halogenated alkanes) is 1. The van der Waals surface area contributed by atoms with E-state index in [-0.39, 0.29) is 4.90 Å². The fourth-order valence-corrected chi connectivity index (χ4v) is 4.11. The van der Waals surface area contributed by atoms with Gasteiger partial charge in [-0.1, -0.05) is 25.5 Å². The highest BCUT2D eigenvalue weighted by atomic mass is 32.2. The molecule has 120 valence electrons. The van der Waals surface area contributed by atoms with Crippen molar-refractivity contribution in [2.45, 2.75) is 31.1 Å². The van der Waals surface area contributed by atoms with Gasteiger partial charge in [0.25, 0.3) is 10.0 Å². The Morgan fingerprint density at radius 2 is 1.91 bits per heavy atom. The smallest absolute Gasteiger partial charge is 0.261 e. The Labute approximate surface area is 140 Å². The molecule has 3 aromatic rings. The number of hydrogen-bond acceptors (Lipinski definition) is 4. The molecule has 0 aliphatic rings. The molecule has 0 atom stereocenters. The molecule has 0 spiro atoms. The van der Waals surface area contributed by atoms with Gasteiger partial charge in [0.15, 0.2) is 0 Å². The van der Waals surface area contributed by atoms with Crippen molar-refractivity contribution in [2.75, 3.05) is 4.72 Å². The standard InChI is InChI=1S/C17H18N2O2S2/c1-2-3-4-13-5-8-15(9-6-13)23(20,21)19-14-7-10-16-17(11-14)22-12-18-16/h5-12,19H,2-4H2,1H3. The molecule has 0 aliphatic carbocycles. The molecule has 1 heterocycles. The van der Waals surface area contributed by atoms with Crippen LogP contribution in [-0.2, 0) is 16.4 Å². The largest absolute Gasteiger partial charge is 0.280 e. The maximum atomic E-state index is 12.5. The zero-order valence-electron chi connectivity index (χ0n) is 12.8. The molecule has 3 rings (SSSR count). The second-order valence-electron chi connectivity index (χ2n) is 5.39. The van der Waals surface area contributed by atoms with E-state index in [4.69, 9.17) is 0 Å². The maximum Gasteiger partial charge on any atom is 0.261 e. The molecule has 0 fully saturated rings. The first kappa shape index (κ1) is 16.0. The quantitative estimate of drug-likeness (QED) is 0.718. The lowest BCUT2D eigenvalue weighted by molar-refractivity contribution is 0.601. The van der Waals surface area contributed by atoms with Gasteiger partial charge in [-0.2, -0.15) is 0 Å². The van der Waals surface area contributed by atoms with Crippen molar-refractivity contribution >= 4 is 37.3 Å². The first-order valence-electron chi connectivity index (χ1n) is 7.53. The number of nitrogens with one attached hydrogen (secondary N) is 1. The Balaban J connectivity index is 1.80. The van der Waals surface area contributed by atoms with Crippen LogP contribution in [0.2, 0.25) is 0 Å². The van der Waals surface area contributed by atoms with Crippen molar-refractivity contribution in [3.05, 3.63) is 53.5 Å². The zero-order chi connectivity index (χ0) is 16.3. The number of nitrogens with zero attached hydrogens (tertiary/aromatic N) is 1. The summed E-state index contributed by atoms with van der Waals surface area (Å²) in [7, 11) is -3.57. The van der Waals surface area contributed by atoms with E-state index < -0.39 is 10.0 Å². The van der Waals surface area contributed by atoms with Gasteiger partial charge in [-0.05, 0) is 48.7 Å². The lowest BCUT2D eigenvalue weighted by atomic mass is 10.1. The third-order valence-corrected chi connectivity index (χ3v) is 5.83. The van der Waals surface area contributed by atoms with E-state index >= 15 is 0 Å². The average molecular weight is 346 g/mol. The van der Waals surface area contributed by atoms with Gasteiger partial charge < -0.3 is 0 Å². The molecule has 23 heavy (non-hydrogen) atoms. The second kappa shape index (κ2) is 6.68. The molecule has 0 aliphatic heterocycles. The third-order valence-electron chi connectivity index (χ3n) is 3.64. The fraction of sp³-hybridized carbons (Fsp3) is 0.235. The van der Waals surface area contributed by atoms with Gasteiger partial charge in [-0.15, -0.1) is 11.3 Å². The molecule has 0 bridgehead atoms. The molecular formula is C17H18N2O2S2. The number of sulfonamides is 1. The summed E-state index contributed by atoms with van der Waals surface area (Å²) in [6, 6.07) is 12.5. The summed E-state index contributed by atoms with van der Waals surface area (Å²) in [5.74, 6) is 0. The van der Waals surface area contributed by atoms with Crippen LogP contribution in [0.3, 0.4) is 0 Å². The van der Waals surface area contributed by atoms with Gasteiger partial charge in [0.1, 0.15) is 0 Å². The molecule has 1 aromatic heterocycles. The van der Waals surface area contributed by atoms with Crippen molar-refractivity contribution in [2.24, 2.45) is 0 Å². The highest BCUT2D eigenvalue weighted by Crippen LogP contribution is 2.24. The Morgan fingerprint density at radius 3 is 2.65 bits per heavy atom. The molecule has 0 radical (unpaired) electrons. The second-order valence-corrected chi connectivity index (χ2v) is 7.96. The molecule has 2 aromatic carbocycles. The van der Waals surface area contributed by atoms with E-state index in [0.717, 1.165) is 35.0 Å². The number of anilines is 1. The minimum absolute atomic E-state index is 0.280. The van der Waals surface area contributed by atoms with Gasteiger partial charge >= 0.3 is 0 Å². The number of hydrogen-bond donors (Lipinski definition) is 1. The van der Waals surface area contributed by atoms with Crippen LogP contribution in [-0.4, -0.2) is 13.4 Å². The van der Waals surface area contributed by atoms with Crippen molar-refractivity contribution in [3.8, 4) is 0 Å². The summed E-state index contributed by atoms with van der Waals surface area (Å²) < 4.78 is 28.5. The van der Waals surface area contributed by atoms with E-state index in [1.54, 1.807) is 29.8 Å². The van der Waals surface area contributed by atoms with Crippen LogP contribution in [0.15, 0.2) is 52.9 Å². The molecule has 1 N–H and O–H groups in total. The average Bonchev–Trinajstić information content (AvgIpc) is 3.00. The van der Waals surface area contributed by atoms with Gasteiger partial charge in [0.2, 0.25) is 0 Å². The summed E-state index contributed by atoms with van der Waals surface area (Å²) >= 11 is 1.49. The maximum absolute atomic E-state index is 12.5. The highest BCUT2D eigenvalue weighted by Gasteiger charge is 2.14. The van der Waals surface area contributed by atoms with E-state index in [1.807, 2.05) is 18.2 Å². The van der Waals surface area contributed by atoms with Crippen LogP contribution in [0.1, 0.15) is 25.3 Å². The third kappa shape index (κ3) is 3.71. The van der Waals surface area contributed by atoms with Crippen molar-refractivity contribution in [1.82, 2.24) is 4.98 Å². The fourth-order valence-electron chi connectivity index (χ4n) is 2.35. The summed E-state index contributed by atoms with van der Waals surface area (Å²) in [6.45, 7) is 2.14. The number of aryl methyl sites for hydroxylation is 1. The van der Waals surface area contributed by atoms with Gasteiger partial charge in [0.05, 0.1) is 26.3 Å². The van der Waals surface area contributed by atoms with E-state index in [0.29, 0.717) is 5.69 Å². The minimum Gasteiger partial charge on any atom is -0.280 e. The molecule has 4 nitrogen and oxygen atoms in total. The molecule has 6 heteroatoms. The minimum atomic E-state index is -3.57. The Kier molecular flexibility index (Phi) is 4.63. The van der Waals surface area contributed by atoms with Crippen molar-refractivity contribution < 1.29 is 8.42 Å². The summed E-state index contributed by atoms with van der Waals surface area (Å²) in [4.78, 5) is 4.47. The zero-order valence-corrected chi connectivity index (χ0v) is 14.5. The van der Waals surface area contributed by atoms with E-state index in [9.17, 15) is 8.42 Å². The van der Waals surface area contributed by atoms with Gasteiger partial charge in [0, 0.05) is 0 Å². The van der Waals surface area contributed by atoms with Crippen LogP contribution >= 0.6 is 11.3 Å². The highest BCUT2D eigenvalue weighted by molar-refractivity contribution is 7.92. The molecule has 0 saturated heterocycles. The number of aromatic nitrogens is 1. The SMILES string of the molecule is CCCCc1ccc(S(=O)(=O)Nc2ccc3ncsc3c2)cc1. The number of benzene rings is 2. The van der Waals surface area contributed by atoms with Gasteiger partial charge in [-0.25, -0.2) is 13.4 Å². The normalized spacial score (nSPS) is 11.7. The predicted octanol–water partition coefficient (Wildman–Crippen LogP) is 4.44. The van der Waals surface area contributed by atoms with Crippen LogP contribution < -0.4 is 4.72 Å². The molecule has 0 saturated carbocycles. The van der Waals surface area contributed by atoms with Crippen LogP contribution in [0, 0.1) is 0 Å².